The highest BCUT2D eigenvalue weighted by Crippen LogP contribution is 2.22. The Labute approximate surface area is 163 Å². The zero-order valence-electron chi connectivity index (χ0n) is 14.5. The minimum Gasteiger partial charge on any atom is -0.324 e. The first kappa shape index (κ1) is 20.7. The number of carbonyl (C=O) groups is 1. The number of carbonyl (C=O) groups excluding carboxylic acids is 1. The number of halogens is 1. The number of para-hydroxylation sites is 1. The van der Waals surface area contributed by atoms with Gasteiger partial charge in [-0.05, 0) is 24.3 Å². The van der Waals surface area contributed by atoms with Crippen LogP contribution in [0.15, 0.2) is 52.5 Å². The van der Waals surface area contributed by atoms with Gasteiger partial charge in [0, 0.05) is 19.3 Å². The maximum absolute atomic E-state index is 12.4. The highest BCUT2D eigenvalue weighted by Gasteiger charge is 2.21. The Hall–Kier alpha value is -1.61. The number of anilines is 1. The Morgan fingerprint density at radius 3 is 2.46 bits per heavy atom. The van der Waals surface area contributed by atoms with E-state index in [0.717, 1.165) is 0 Å². The molecular weight excluding hydrogens is 394 g/mol. The summed E-state index contributed by atoms with van der Waals surface area (Å²) in [7, 11) is -3.53. The third-order valence-corrected chi connectivity index (χ3v) is 6.86. The number of aromatic nitrogens is 1. The molecule has 1 aromatic carbocycles. The number of nitrogens with zero attached hydrogens (tertiary/aromatic N) is 2. The lowest BCUT2D eigenvalue weighted by molar-refractivity contribution is -0.113. The lowest BCUT2D eigenvalue weighted by Crippen LogP contribution is -2.30. The van der Waals surface area contributed by atoms with Crippen molar-refractivity contribution in [3.8, 4) is 0 Å². The summed E-state index contributed by atoms with van der Waals surface area (Å²) in [6, 6.07) is 10.1. The van der Waals surface area contributed by atoms with E-state index in [4.69, 9.17) is 11.6 Å². The maximum Gasteiger partial charge on any atom is 0.244 e. The summed E-state index contributed by atoms with van der Waals surface area (Å²) in [6.07, 6.45) is 1.32. The van der Waals surface area contributed by atoms with Crippen LogP contribution < -0.4 is 5.32 Å². The molecule has 0 aliphatic rings. The molecule has 0 atom stereocenters. The lowest BCUT2D eigenvalue weighted by atomic mass is 10.3. The second-order valence-electron chi connectivity index (χ2n) is 5.24. The zero-order chi connectivity index (χ0) is 19.2. The van der Waals surface area contributed by atoms with Crippen molar-refractivity contribution in [1.82, 2.24) is 9.29 Å². The molecule has 0 aliphatic carbocycles. The van der Waals surface area contributed by atoms with Gasteiger partial charge in [-0.2, -0.15) is 4.31 Å². The van der Waals surface area contributed by atoms with E-state index in [-0.39, 0.29) is 16.6 Å². The summed E-state index contributed by atoms with van der Waals surface area (Å²) in [5.74, 6) is -0.0786. The average molecular weight is 414 g/mol. The van der Waals surface area contributed by atoms with Crippen molar-refractivity contribution in [2.45, 2.75) is 23.8 Å². The first-order valence-electron chi connectivity index (χ1n) is 8.01. The van der Waals surface area contributed by atoms with Crippen LogP contribution in [0.4, 0.5) is 5.69 Å². The number of pyridine rings is 1. The average Bonchev–Trinajstić information content (AvgIpc) is 2.63. The number of rotatable bonds is 8. The van der Waals surface area contributed by atoms with Gasteiger partial charge in [-0.25, -0.2) is 13.4 Å². The number of hydrogen-bond acceptors (Lipinski definition) is 5. The van der Waals surface area contributed by atoms with Gasteiger partial charge in [-0.15, -0.1) is 0 Å². The molecule has 0 spiro atoms. The van der Waals surface area contributed by atoms with Gasteiger partial charge >= 0.3 is 0 Å². The third kappa shape index (κ3) is 5.20. The topological polar surface area (TPSA) is 79.4 Å². The normalized spacial score (nSPS) is 11.5. The van der Waals surface area contributed by atoms with Crippen LogP contribution in [0.1, 0.15) is 13.8 Å². The lowest BCUT2D eigenvalue weighted by Gasteiger charge is -2.18. The van der Waals surface area contributed by atoms with Gasteiger partial charge < -0.3 is 5.32 Å². The Kier molecular flexibility index (Phi) is 7.45. The molecule has 0 bridgehead atoms. The van der Waals surface area contributed by atoms with Crippen LogP contribution in [0.25, 0.3) is 0 Å². The Morgan fingerprint density at radius 1 is 1.19 bits per heavy atom. The molecule has 0 radical (unpaired) electrons. The van der Waals surface area contributed by atoms with E-state index < -0.39 is 10.0 Å². The highest BCUT2D eigenvalue weighted by molar-refractivity contribution is 7.99. The van der Waals surface area contributed by atoms with Gasteiger partial charge in [0.15, 0.2) is 0 Å². The molecule has 140 valence electrons. The Morgan fingerprint density at radius 2 is 1.88 bits per heavy atom. The molecule has 0 aliphatic heterocycles. The van der Waals surface area contributed by atoms with Crippen molar-refractivity contribution in [1.29, 1.82) is 0 Å². The third-order valence-electron chi connectivity index (χ3n) is 3.55. The minimum absolute atomic E-state index is 0.139. The molecule has 0 saturated heterocycles. The summed E-state index contributed by atoms with van der Waals surface area (Å²) in [6.45, 7) is 4.38. The molecule has 2 rings (SSSR count). The molecule has 0 saturated carbocycles. The Bertz CT molecular complexity index is 854. The Balaban J connectivity index is 1.97. The second-order valence-corrected chi connectivity index (χ2v) is 8.58. The van der Waals surface area contributed by atoms with Crippen LogP contribution in [-0.2, 0) is 14.8 Å². The highest BCUT2D eigenvalue weighted by atomic mass is 35.5. The van der Waals surface area contributed by atoms with E-state index in [1.807, 2.05) is 0 Å². The summed E-state index contributed by atoms with van der Waals surface area (Å²) >= 11 is 7.22. The molecule has 2 aromatic rings. The van der Waals surface area contributed by atoms with Crippen LogP contribution in [0.3, 0.4) is 0 Å². The number of hydrogen-bond donors (Lipinski definition) is 1. The quantitative estimate of drug-likeness (QED) is 0.670. The largest absolute Gasteiger partial charge is 0.324 e. The van der Waals surface area contributed by atoms with E-state index in [1.165, 1.54) is 28.3 Å². The predicted octanol–water partition coefficient (Wildman–Crippen LogP) is 3.50. The van der Waals surface area contributed by atoms with Crippen molar-refractivity contribution in [2.24, 2.45) is 0 Å². The molecule has 1 amide bonds. The SMILES string of the molecule is CCN(CC)S(=O)(=O)c1ccc(SCC(=O)Nc2ccccc2Cl)nc1. The van der Waals surface area contributed by atoms with Gasteiger partial charge in [-0.1, -0.05) is 49.3 Å². The van der Waals surface area contributed by atoms with Gasteiger partial charge in [0.05, 0.1) is 21.5 Å². The molecule has 1 N–H and O–H groups in total. The summed E-state index contributed by atoms with van der Waals surface area (Å²) < 4.78 is 26.2. The molecule has 1 heterocycles. The zero-order valence-corrected chi connectivity index (χ0v) is 16.9. The van der Waals surface area contributed by atoms with Crippen molar-refractivity contribution in [2.75, 3.05) is 24.2 Å². The fourth-order valence-electron chi connectivity index (χ4n) is 2.21. The molecule has 26 heavy (non-hydrogen) atoms. The predicted molar refractivity (Wildman–Crippen MR) is 105 cm³/mol. The maximum atomic E-state index is 12.4. The summed E-state index contributed by atoms with van der Waals surface area (Å²) in [4.78, 5) is 16.3. The summed E-state index contributed by atoms with van der Waals surface area (Å²) in [5.41, 5.74) is 0.549. The first-order chi connectivity index (χ1) is 12.4. The fourth-order valence-corrected chi connectivity index (χ4v) is 4.44. The number of amides is 1. The molecule has 6 nitrogen and oxygen atoms in total. The number of benzene rings is 1. The van der Waals surface area contributed by atoms with Gasteiger partial charge in [0.2, 0.25) is 15.9 Å². The standard InChI is InChI=1S/C17H20ClN3O3S2/c1-3-21(4-2)26(23,24)13-9-10-17(19-11-13)25-12-16(22)20-15-8-6-5-7-14(15)18/h5-11H,3-4,12H2,1-2H3,(H,20,22). The van der Waals surface area contributed by atoms with Gasteiger partial charge in [0.25, 0.3) is 0 Å². The minimum atomic E-state index is -3.53. The van der Waals surface area contributed by atoms with Crippen LogP contribution in [0.5, 0.6) is 0 Å². The van der Waals surface area contributed by atoms with Crippen LogP contribution in [0, 0.1) is 0 Å². The number of thioether (sulfide) groups is 1. The van der Waals surface area contributed by atoms with Crippen LogP contribution in [-0.4, -0.2) is 42.5 Å². The van der Waals surface area contributed by atoms with E-state index in [9.17, 15) is 13.2 Å². The van der Waals surface area contributed by atoms with Crippen molar-refractivity contribution >= 4 is 45.0 Å². The molecule has 0 unspecified atom stereocenters. The molecule has 9 heteroatoms. The fraction of sp³-hybridized carbons (Fsp3) is 0.294. The van der Waals surface area contributed by atoms with E-state index in [1.54, 1.807) is 44.2 Å². The van der Waals surface area contributed by atoms with Crippen molar-refractivity contribution < 1.29 is 13.2 Å². The van der Waals surface area contributed by atoms with E-state index in [2.05, 4.69) is 10.3 Å². The molecule has 0 fully saturated rings. The van der Waals surface area contributed by atoms with Crippen molar-refractivity contribution in [3.05, 3.63) is 47.6 Å². The number of nitrogens with one attached hydrogen (secondary N) is 1. The first-order valence-corrected chi connectivity index (χ1v) is 10.8. The number of sulfonamides is 1. The van der Waals surface area contributed by atoms with Gasteiger partial charge in [0.1, 0.15) is 4.90 Å². The molecular formula is C17H20ClN3O3S2. The van der Waals surface area contributed by atoms with Crippen LogP contribution in [0.2, 0.25) is 5.02 Å². The summed E-state index contributed by atoms with van der Waals surface area (Å²) in [5, 5.41) is 3.76. The second kappa shape index (κ2) is 9.36. The van der Waals surface area contributed by atoms with E-state index in [0.29, 0.717) is 28.8 Å². The van der Waals surface area contributed by atoms with E-state index >= 15 is 0 Å². The van der Waals surface area contributed by atoms with Crippen molar-refractivity contribution in [3.63, 3.8) is 0 Å². The smallest absolute Gasteiger partial charge is 0.244 e. The van der Waals surface area contributed by atoms with Gasteiger partial charge in [-0.3, -0.25) is 4.79 Å². The monoisotopic (exact) mass is 413 g/mol. The van der Waals surface area contributed by atoms with Crippen LogP contribution >= 0.6 is 23.4 Å². The molecule has 1 aromatic heterocycles.